The lowest BCUT2D eigenvalue weighted by atomic mass is 9.93. The molecule has 0 aliphatic heterocycles. The summed E-state index contributed by atoms with van der Waals surface area (Å²) < 4.78 is 5.91. The minimum absolute atomic E-state index is 0.0264. The van der Waals surface area contributed by atoms with E-state index in [9.17, 15) is 19.7 Å². The van der Waals surface area contributed by atoms with Crippen molar-refractivity contribution in [3.05, 3.63) is 91.4 Å². The van der Waals surface area contributed by atoms with Crippen LogP contribution in [0.5, 0.6) is 0 Å². The molecule has 2 N–H and O–H groups in total. The van der Waals surface area contributed by atoms with Gasteiger partial charge in [0.15, 0.2) is 5.76 Å². The van der Waals surface area contributed by atoms with Crippen molar-refractivity contribution in [1.29, 1.82) is 0 Å². The fraction of sp³-hybridized carbons (Fsp3) is 0.240. The summed E-state index contributed by atoms with van der Waals surface area (Å²) in [5.41, 5.74) is 6.65. The summed E-state index contributed by atoms with van der Waals surface area (Å²) in [6.45, 7) is 3.66. The van der Waals surface area contributed by atoms with E-state index in [1.807, 2.05) is 13.0 Å². The van der Waals surface area contributed by atoms with Gasteiger partial charge in [0.1, 0.15) is 5.76 Å². The number of halogens is 1. The summed E-state index contributed by atoms with van der Waals surface area (Å²) in [6.07, 6.45) is 2.08. The lowest BCUT2D eigenvalue weighted by molar-refractivity contribution is -0.384. The average molecular weight is 495 g/mol. The van der Waals surface area contributed by atoms with Crippen LogP contribution in [0.1, 0.15) is 51.4 Å². The van der Waals surface area contributed by atoms with E-state index in [-0.39, 0.29) is 29.7 Å². The Hall–Kier alpha value is -3.98. The van der Waals surface area contributed by atoms with Crippen LogP contribution >= 0.6 is 11.6 Å². The lowest BCUT2D eigenvalue weighted by Gasteiger charge is -2.13. The van der Waals surface area contributed by atoms with E-state index in [2.05, 4.69) is 15.8 Å². The summed E-state index contributed by atoms with van der Waals surface area (Å²) in [7, 11) is 0. The summed E-state index contributed by atoms with van der Waals surface area (Å²) in [6, 6.07) is 11.0. The molecule has 0 bridgehead atoms. The first-order valence-electron chi connectivity index (χ1n) is 11.0. The molecule has 3 aromatic rings. The van der Waals surface area contributed by atoms with Crippen molar-refractivity contribution in [2.75, 3.05) is 5.32 Å². The molecule has 0 spiro atoms. The maximum atomic E-state index is 13.0. The molecule has 2 amide bonds. The number of benzene rings is 2. The maximum absolute atomic E-state index is 13.0. The van der Waals surface area contributed by atoms with E-state index in [0.717, 1.165) is 17.5 Å². The second-order valence-electron chi connectivity index (χ2n) is 8.32. The van der Waals surface area contributed by atoms with Crippen LogP contribution in [0.25, 0.3) is 0 Å². The lowest BCUT2D eigenvalue weighted by Crippen LogP contribution is -2.23. The van der Waals surface area contributed by atoms with Crippen LogP contribution in [0, 0.1) is 24.0 Å². The summed E-state index contributed by atoms with van der Waals surface area (Å²) in [4.78, 5) is 35.6. The van der Waals surface area contributed by atoms with Gasteiger partial charge in [0.25, 0.3) is 11.6 Å². The number of anilines is 1. The van der Waals surface area contributed by atoms with Crippen molar-refractivity contribution in [2.45, 2.75) is 39.5 Å². The zero-order chi connectivity index (χ0) is 25.1. The summed E-state index contributed by atoms with van der Waals surface area (Å²) in [5.74, 6) is 0.115. The zero-order valence-corrected chi connectivity index (χ0v) is 19.9. The van der Waals surface area contributed by atoms with Crippen LogP contribution in [0.3, 0.4) is 0 Å². The topological polar surface area (TPSA) is 127 Å². The van der Waals surface area contributed by atoms with Crippen LogP contribution in [0.15, 0.2) is 52.0 Å². The SMILES string of the molecule is Cc1ccc(Cl)cc1NC(=O)c1oc2c(c1C)/C(=N/NC(=O)Cc1ccc([N+](=O)[O-])cc1)CCC2. The van der Waals surface area contributed by atoms with Gasteiger partial charge in [-0.05, 0) is 49.9 Å². The number of nitro groups is 1. The largest absolute Gasteiger partial charge is 0.455 e. The van der Waals surface area contributed by atoms with E-state index in [4.69, 9.17) is 16.0 Å². The Bertz CT molecular complexity index is 1340. The highest BCUT2D eigenvalue weighted by Crippen LogP contribution is 2.31. The van der Waals surface area contributed by atoms with Gasteiger partial charge in [-0.2, -0.15) is 5.10 Å². The van der Waals surface area contributed by atoms with Crippen LogP contribution in [-0.4, -0.2) is 22.4 Å². The molecule has 0 saturated heterocycles. The standard InChI is InChI=1S/C25H23ClN4O5/c1-14-6-9-17(26)13-20(14)27-25(32)24-15(2)23-19(4-3-5-21(23)35-24)28-29-22(31)12-16-7-10-18(11-8-16)30(33)34/h6-11,13H,3-5,12H2,1-2H3,(H,27,32)(H,29,31)/b28-19+. The predicted molar refractivity (Wildman–Crippen MR) is 132 cm³/mol. The molecular weight excluding hydrogens is 472 g/mol. The maximum Gasteiger partial charge on any atom is 0.291 e. The molecule has 0 fully saturated rings. The molecule has 0 radical (unpaired) electrons. The molecule has 9 nitrogen and oxygen atoms in total. The van der Waals surface area contributed by atoms with E-state index < -0.39 is 4.92 Å². The number of fused-ring (bicyclic) bond motifs is 1. The van der Waals surface area contributed by atoms with Gasteiger partial charge in [-0.25, -0.2) is 5.43 Å². The molecule has 0 atom stereocenters. The molecule has 180 valence electrons. The third-order valence-corrected chi connectivity index (χ3v) is 6.04. The highest BCUT2D eigenvalue weighted by molar-refractivity contribution is 6.31. The van der Waals surface area contributed by atoms with Gasteiger partial charge in [0.2, 0.25) is 5.91 Å². The molecular formula is C25H23ClN4O5. The van der Waals surface area contributed by atoms with Crippen molar-refractivity contribution in [1.82, 2.24) is 5.43 Å². The van der Waals surface area contributed by atoms with Crippen LogP contribution < -0.4 is 10.7 Å². The number of hydrogen-bond acceptors (Lipinski definition) is 6. The molecule has 4 rings (SSSR count). The van der Waals surface area contributed by atoms with Gasteiger partial charge in [0.05, 0.1) is 17.1 Å². The van der Waals surface area contributed by atoms with E-state index >= 15 is 0 Å². The van der Waals surface area contributed by atoms with Gasteiger partial charge >= 0.3 is 0 Å². The zero-order valence-electron chi connectivity index (χ0n) is 19.2. The molecule has 35 heavy (non-hydrogen) atoms. The van der Waals surface area contributed by atoms with Crippen molar-refractivity contribution >= 4 is 40.5 Å². The Morgan fingerprint density at radius 1 is 1.14 bits per heavy atom. The van der Waals surface area contributed by atoms with Gasteiger partial charge in [-0.1, -0.05) is 29.8 Å². The van der Waals surface area contributed by atoms with Gasteiger partial charge < -0.3 is 9.73 Å². The number of amides is 2. The molecule has 2 aromatic carbocycles. The first-order chi connectivity index (χ1) is 16.7. The van der Waals surface area contributed by atoms with E-state index in [1.54, 1.807) is 19.1 Å². The number of carbonyl (C=O) groups is 2. The first-order valence-corrected chi connectivity index (χ1v) is 11.4. The molecule has 1 aliphatic carbocycles. The van der Waals surface area contributed by atoms with Gasteiger partial charge in [-0.15, -0.1) is 0 Å². The summed E-state index contributed by atoms with van der Waals surface area (Å²) >= 11 is 6.06. The fourth-order valence-corrected chi connectivity index (χ4v) is 4.17. The second kappa shape index (κ2) is 10.1. The minimum Gasteiger partial charge on any atom is -0.455 e. The van der Waals surface area contributed by atoms with Crippen molar-refractivity contribution in [2.24, 2.45) is 5.10 Å². The van der Waals surface area contributed by atoms with Gasteiger partial charge in [-0.3, -0.25) is 19.7 Å². The molecule has 0 unspecified atom stereocenters. The number of nitrogens with zero attached hydrogens (tertiary/aromatic N) is 2. The summed E-state index contributed by atoms with van der Waals surface area (Å²) in [5, 5.41) is 18.4. The monoisotopic (exact) mass is 494 g/mol. The van der Waals surface area contributed by atoms with Crippen molar-refractivity contribution in [3.63, 3.8) is 0 Å². The Kier molecular flexibility index (Phi) is 6.97. The van der Waals surface area contributed by atoms with Gasteiger partial charge in [0, 0.05) is 40.4 Å². The van der Waals surface area contributed by atoms with Crippen molar-refractivity contribution in [3.8, 4) is 0 Å². The molecule has 1 heterocycles. The first kappa shape index (κ1) is 24.2. The predicted octanol–water partition coefficient (Wildman–Crippen LogP) is 5.11. The molecule has 10 heteroatoms. The number of rotatable bonds is 6. The minimum atomic E-state index is -0.492. The van der Waals surface area contributed by atoms with Crippen LogP contribution in [-0.2, 0) is 17.6 Å². The van der Waals surface area contributed by atoms with E-state index in [0.29, 0.717) is 46.2 Å². The smallest absolute Gasteiger partial charge is 0.291 e. The van der Waals surface area contributed by atoms with Crippen LogP contribution in [0.2, 0.25) is 5.02 Å². The number of carbonyl (C=O) groups excluding carboxylic acids is 2. The number of furan rings is 1. The number of hydrogen-bond donors (Lipinski definition) is 2. The Balaban J connectivity index is 1.49. The van der Waals surface area contributed by atoms with E-state index in [1.165, 1.54) is 24.3 Å². The van der Waals surface area contributed by atoms with Crippen LogP contribution in [0.4, 0.5) is 11.4 Å². The quantitative estimate of drug-likeness (QED) is 0.363. The molecule has 1 aromatic heterocycles. The fourth-order valence-electron chi connectivity index (χ4n) is 3.99. The highest BCUT2D eigenvalue weighted by atomic mass is 35.5. The Morgan fingerprint density at radius 2 is 1.89 bits per heavy atom. The second-order valence-corrected chi connectivity index (χ2v) is 8.75. The third kappa shape index (κ3) is 5.41. The number of nitrogens with one attached hydrogen (secondary N) is 2. The Labute approximate surface area is 206 Å². The third-order valence-electron chi connectivity index (χ3n) is 5.81. The number of nitro benzene ring substituents is 1. The molecule has 1 aliphatic rings. The van der Waals surface area contributed by atoms with Crippen molar-refractivity contribution < 1.29 is 18.9 Å². The number of aryl methyl sites for hydroxylation is 2. The highest BCUT2D eigenvalue weighted by Gasteiger charge is 2.28. The Morgan fingerprint density at radius 3 is 2.60 bits per heavy atom. The normalized spacial score (nSPS) is 13.9. The average Bonchev–Trinajstić information content (AvgIpc) is 3.17. The number of hydrazone groups is 1. The number of non-ortho nitro benzene ring substituents is 1. The molecule has 0 saturated carbocycles.